The second-order valence-corrected chi connectivity index (χ2v) is 7.67. The third kappa shape index (κ3) is 4.30. The highest BCUT2D eigenvalue weighted by Gasteiger charge is 2.37. The fourth-order valence-corrected chi connectivity index (χ4v) is 3.94. The van der Waals surface area contributed by atoms with Gasteiger partial charge in [0, 0.05) is 21.0 Å². The number of hydrogen-bond acceptors (Lipinski definition) is 2. The minimum atomic E-state index is -0.694. The fraction of sp³-hybridized carbons (Fsp3) is 0.562. The standard InChI is InChI=1S/C16H21Br2NO2/c1-19(11-12-5-6-13(17)14(18)9-12)16(10-15(20)21)7-3-2-4-8-16/h5-6,9H,2-4,7-8,10-11H2,1H3,(H,20,21). The van der Waals surface area contributed by atoms with Gasteiger partial charge in [-0.05, 0) is 69.4 Å². The Labute approximate surface area is 143 Å². The quantitative estimate of drug-likeness (QED) is 0.744. The number of carboxylic acids is 1. The van der Waals surface area contributed by atoms with Crippen LogP contribution in [0.5, 0.6) is 0 Å². The molecule has 0 unspecified atom stereocenters. The average Bonchev–Trinajstić information content (AvgIpc) is 2.43. The van der Waals surface area contributed by atoms with E-state index in [4.69, 9.17) is 0 Å². The van der Waals surface area contributed by atoms with E-state index in [0.29, 0.717) is 0 Å². The first-order valence-corrected chi connectivity index (χ1v) is 8.88. The van der Waals surface area contributed by atoms with Crippen molar-refractivity contribution < 1.29 is 9.90 Å². The second-order valence-electron chi connectivity index (χ2n) is 5.96. The number of rotatable bonds is 5. The van der Waals surface area contributed by atoms with Crippen molar-refractivity contribution in [2.24, 2.45) is 0 Å². The van der Waals surface area contributed by atoms with Crippen LogP contribution in [0, 0.1) is 0 Å². The van der Waals surface area contributed by atoms with Gasteiger partial charge in [0.2, 0.25) is 0 Å². The molecule has 1 saturated carbocycles. The Bertz CT molecular complexity index is 513. The summed E-state index contributed by atoms with van der Waals surface area (Å²) in [6.07, 6.45) is 5.67. The highest BCUT2D eigenvalue weighted by molar-refractivity contribution is 9.13. The van der Waals surface area contributed by atoms with Crippen LogP contribution in [0.15, 0.2) is 27.1 Å². The molecule has 1 aliphatic carbocycles. The molecule has 2 rings (SSSR count). The van der Waals surface area contributed by atoms with Gasteiger partial charge in [-0.25, -0.2) is 0 Å². The summed E-state index contributed by atoms with van der Waals surface area (Å²) in [4.78, 5) is 13.5. The number of aliphatic carboxylic acids is 1. The Morgan fingerprint density at radius 1 is 1.24 bits per heavy atom. The molecule has 1 N–H and O–H groups in total. The molecule has 1 aliphatic rings. The molecule has 116 valence electrons. The number of halogens is 2. The van der Waals surface area contributed by atoms with Gasteiger partial charge in [-0.2, -0.15) is 0 Å². The Morgan fingerprint density at radius 3 is 2.48 bits per heavy atom. The van der Waals surface area contributed by atoms with Crippen LogP contribution in [0.25, 0.3) is 0 Å². The zero-order valence-corrected chi connectivity index (χ0v) is 15.4. The van der Waals surface area contributed by atoms with E-state index in [-0.39, 0.29) is 12.0 Å². The number of nitrogens with zero attached hydrogens (tertiary/aromatic N) is 1. The van der Waals surface area contributed by atoms with E-state index in [1.807, 2.05) is 6.07 Å². The van der Waals surface area contributed by atoms with Crippen molar-refractivity contribution in [3.05, 3.63) is 32.7 Å². The molecule has 0 heterocycles. The first kappa shape index (κ1) is 17.0. The van der Waals surface area contributed by atoms with Gasteiger partial charge in [0.1, 0.15) is 0 Å². The maximum atomic E-state index is 11.3. The van der Waals surface area contributed by atoms with Crippen LogP contribution in [0.1, 0.15) is 44.1 Å². The summed E-state index contributed by atoms with van der Waals surface area (Å²) < 4.78 is 2.07. The Hall–Kier alpha value is -0.390. The predicted octanol–water partition coefficient (Wildman–Crippen LogP) is 4.82. The predicted molar refractivity (Wildman–Crippen MR) is 91.4 cm³/mol. The van der Waals surface area contributed by atoms with Crippen molar-refractivity contribution >= 4 is 37.8 Å². The molecule has 0 aromatic heterocycles. The fourth-order valence-electron chi connectivity index (χ4n) is 3.26. The number of carbonyl (C=O) groups is 1. The molecule has 0 radical (unpaired) electrons. The lowest BCUT2D eigenvalue weighted by Crippen LogP contribution is -2.49. The van der Waals surface area contributed by atoms with Gasteiger partial charge >= 0.3 is 5.97 Å². The van der Waals surface area contributed by atoms with Crippen LogP contribution >= 0.6 is 31.9 Å². The topological polar surface area (TPSA) is 40.5 Å². The van der Waals surface area contributed by atoms with Crippen LogP contribution in [0.2, 0.25) is 0 Å². The zero-order valence-electron chi connectivity index (χ0n) is 12.2. The van der Waals surface area contributed by atoms with Crippen LogP contribution < -0.4 is 0 Å². The number of benzene rings is 1. The first-order chi connectivity index (χ1) is 9.93. The maximum absolute atomic E-state index is 11.3. The van der Waals surface area contributed by atoms with Crippen molar-refractivity contribution in [3.8, 4) is 0 Å². The monoisotopic (exact) mass is 417 g/mol. The van der Waals surface area contributed by atoms with Crippen LogP contribution in [-0.2, 0) is 11.3 Å². The molecule has 1 fully saturated rings. The van der Waals surface area contributed by atoms with E-state index in [0.717, 1.165) is 41.2 Å². The summed E-state index contributed by atoms with van der Waals surface area (Å²) in [7, 11) is 2.06. The molecule has 0 saturated heterocycles. The third-order valence-electron chi connectivity index (χ3n) is 4.48. The average molecular weight is 419 g/mol. The van der Waals surface area contributed by atoms with Gasteiger partial charge in [0.05, 0.1) is 6.42 Å². The van der Waals surface area contributed by atoms with Crippen LogP contribution in [0.4, 0.5) is 0 Å². The van der Waals surface area contributed by atoms with Gasteiger partial charge in [0.15, 0.2) is 0 Å². The molecule has 1 aromatic carbocycles. The van der Waals surface area contributed by atoms with E-state index in [2.05, 4.69) is 55.9 Å². The van der Waals surface area contributed by atoms with Crippen molar-refractivity contribution in [1.29, 1.82) is 0 Å². The van der Waals surface area contributed by atoms with Gasteiger partial charge in [-0.1, -0.05) is 25.3 Å². The van der Waals surface area contributed by atoms with E-state index in [9.17, 15) is 9.90 Å². The normalized spacial score (nSPS) is 17.9. The summed E-state index contributed by atoms with van der Waals surface area (Å²) in [6, 6.07) is 6.21. The van der Waals surface area contributed by atoms with Gasteiger partial charge in [-0.3, -0.25) is 9.69 Å². The largest absolute Gasteiger partial charge is 0.481 e. The SMILES string of the molecule is CN(Cc1ccc(Br)c(Br)c1)C1(CC(=O)O)CCCCC1. The van der Waals surface area contributed by atoms with E-state index in [1.54, 1.807) is 0 Å². The second kappa shape index (κ2) is 7.25. The minimum Gasteiger partial charge on any atom is -0.481 e. The summed E-state index contributed by atoms with van der Waals surface area (Å²) >= 11 is 7.00. The zero-order chi connectivity index (χ0) is 15.5. The Balaban J connectivity index is 2.15. The van der Waals surface area contributed by atoms with Gasteiger partial charge < -0.3 is 5.11 Å². The van der Waals surface area contributed by atoms with E-state index in [1.165, 1.54) is 12.0 Å². The highest BCUT2D eigenvalue weighted by Crippen LogP contribution is 2.37. The van der Waals surface area contributed by atoms with Crippen molar-refractivity contribution in [2.75, 3.05) is 7.05 Å². The molecular weight excluding hydrogens is 398 g/mol. The molecule has 0 spiro atoms. The van der Waals surface area contributed by atoms with E-state index < -0.39 is 5.97 Å². The summed E-state index contributed by atoms with van der Waals surface area (Å²) in [5.41, 5.74) is 1.01. The smallest absolute Gasteiger partial charge is 0.305 e. The van der Waals surface area contributed by atoms with Crippen LogP contribution in [0.3, 0.4) is 0 Å². The first-order valence-electron chi connectivity index (χ1n) is 7.30. The molecule has 0 atom stereocenters. The number of hydrogen-bond donors (Lipinski definition) is 1. The lowest BCUT2D eigenvalue weighted by atomic mass is 9.78. The summed E-state index contributed by atoms with van der Waals surface area (Å²) in [5, 5.41) is 9.29. The van der Waals surface area contributed by atoms with Crippen molar-refractivity contribution in [1.82, 2.24) is 4.90 Å². The molecule has 1 aromatic rings. The molecule has 0 aliphatic heterocycles. The summed E-state index contributed by atoms with van der Waals surface area (Å²) in [6.45, 7) is 0.777. The Kier molecular flexibility index (Phi) is 5.86. The van der Waals surface area contributed by atoms with Crippen molar-refractivity contribution in [3.63, 3.8) is 0 Å². The molecule has 5 heteroatoms. The van der Waals surface area contributed by atoms with E-state index >= 15 is 0 Å². The summed E-state index contributed by atoms with van der Waals surface area (Å²) in [5.74, 6) is -0.694. The Morgan fingerprint density at radius 2 is 1.90 bits per heavy atom. The van der Waals surface area contributed by atoms with Crippen LogP contribution in [-0.4, -0.2) is 28.6 Å². The molecule has 21 heavy (non-hydrogen) atoms. The third-order valence-corrected chi connectivity index (χ3v) is 6.36. The lowest BCUT2D eigenvalue weighted by molar-refractivity contribution is -0.141. The maximum Gasteiger partial charge on any atom is 0.305 e. The minimum absolute atomic E-state index is 0.191. The van der Waals surface area contributed by atoms with Crippen molar-refractivity contribution in [2.45, 2.75) is 50.6 Å². The van der Waals surface area contributed by atoms with Gasteiger partial charge in [0.25, 0.3) is 0 Å². The highest BCUT2D eigenvalue weighted by atomic mass is 79.9. The number of carboxylic acid groups (broad SMARTS) is 1. The molecule has 0 amide bonds. The molecule has 3 nitrogen and oxygen atoms in total. The molecular formula is C16H21Br2NO2. The lowest BCUT2D eigenvalue weighted by Gasteiger charge is -2.44. The molecule has 0 bridgehead atoms. The van der Waals surface area contributed by atoms with Gasteiger partial charge in [-0.15, -0.1) is 0 Å².